The standard InChI is InChI=1S/C17H23N3/c1-5-8-15(4)20(16-10-7-6-9-13(16)2)17-14(3)11-18-12-19-17/h6-7,9-12,15H,5,8H2,1-4H3. The van der Waals surface area contributed by atoms with Crippen molar-refractivity contribution in [3.8, 4) is 0 Å². The summed E-state index contributed by atoms with van der Waals surface area (Å²) >= 11 is 0. The van der Waals surface area contributed by atoms with Gasteiger partial charge < -0.3 is 4.90 Å². The molecule has 0 saturated heterocycles. The van der Waals surface area contributed by atoms with Gasteiger partial charge in [0.25, 0.3) is 0 Å². The number of benzene rings is 1. The Labute approximate surface area is 121 Å². The lowest BCUT2D eigenvalue weighted by Crippen LogP contribution is -2.30. The molecule has 3 nitrogen and oxygen atoms in total. The van der Waals surface area contributed by atoms with Gasteiger partial charge in [-0.3, -0.25) is 0 Å². The summed E-state index contributed by atoms with van der Waals surface area (Å²) in [6.07, 6.45) is 5.81. The first-order valence-electron chi connectivity index (χ1n) is 7.26. The summed E-state index contributed by atoms with van der Waals surface area (Å²) in [7, 11) is 0. The van der Waals surface area contributed by atoms with E-state index < -0.39 is 0 Å². The van der Waals surface area contributed by atoms with Crippen molar-refractivity contribution in [1.82, 2.24) is 9.97 Å². The van der Waals surface area contributed by atoms with E-state index in [2.05, 4.69) is 66.8 Å². The van der Waals surface area contributed by atoms with E-state index in [-0.39, 0.29) is 0 Å². The highest BCUT2D eigenvalue weighted by atomic mass is 15.2. The van der Waals surface area contributed by atoms with Gasteiger partial charge in [-0.2, -0.15) is 0 Å². The van der Waals surface area contributed by atoms with Crippen LogP contribution in [0.4, 0.5) is 11.5 Å². The first-order chi connectivity index (χ1) is 9.65. The molecule has 2 aromatic rings. The van der Waals surface area contributed by atoms with E-state index in [1.807, 2.05) is 6.20 Å². The monoisotopic (exact) mass is 269 g/mol. The fourth-order valence-electron chi connectivity index (χ4n) is 2.59. The maximum atomic E-state index is 4.51. The SMILES string of the molecule is CCCC(C)N(c1ccccc1C)c1ncncc1C. The Kier molecular flexibility index (Phi) is 4.72. The van der Waals surface area contributed by atoms with Gasteiger partial charge in [0.05, 0.1) is 0 Å². The van der Waals surface area contributed by atoms with Crippen molar-refractivity contribution in [2.24, 2.45) is 0 Å². The molecule has 0 fully saturated rings. The fourth-order valence-corrected chi connectivity index (χ4v) is 2.59. The third kappa shape index (κ3) is 2.98. The predicted molar refractivity (Wildman–Crippen MR) is 84.5 cm³/mol. The molecule has 1 atom stereocenters. The Balaban J connectivity index is 2.51. The highest BCUT2D eigenvalue weighted by molar-refractivity contribution is 5.66. The Hall–Kier alpha value is -1.90. The summed E-state index contributed by atoms with van der Waals surface area (Å²) in [6, 6.07) is 8.90. The topological polar surface area (TPSA) is 29.0 Å². The number of para-hydroxylation sites is 1. The average Bonchev–Trinajstić information content (AvgIpc) is 2.43. The second-order valence-corrected chi connectivity index (χ2v) is 5.32. The van der Waals surface area contributed by atoms with E-state index in [9.17, 15) is 0 Å². The van der Waals surface area contributed by atoms with Crippen LogP contribution in [0.5, 0.6) is 0 Å². The van der Waals surface area contributed by atoms with Crippen LogP contribution in [0.1, 0.15) is 37.8 Å². The second-order valence-electron chi connectivity index (χ2n) is 5.32. The molecule has 0 bridgehead atoms. The molecule has 1 heterocycles. The summed E-state index contributed by atoms with van der Waals surface area (Å²) in [5.74, 6) is 1.01. The van der Waals surface area contributed by atoms with Crippen molar-refractivity contribution in [3.63, 3.8) is 0 Å². The molecule has 3 heteroatoms. The lowest BCUT2D eigenvalue weighted by atomic mass is 10.1. The summed E-state index contributed by atoms with van der Waals surface area (Å²) in [4.78, 5) is 11.0. The molecule has 0 radical (unpaired) electrons. The number of aryl methyl sites for hydroxylation is 2. The number of anilines is 2. The van der Waals surface area contributed by atoms with Crippen LogP contribution >= 0.6 is 0 Å². The van der Waals surface area contributed by atoms with Crippen LogP contribution in [0.2, 0.25) is 0 Å². The number of hydrogen-bond donors (Lipinski definition) is 0. The molecule has 1 unspecified atom stereocenters. The first kappa shape index (κ1) is 14.5. The van der Waals surface area contributed by atoms with Gasteiger partial charge in [0.15, 0.2) is 0 Å². The van der Waals surface area contributed by atoms with Crippen LogP contribution < -0.4 is 4.90 Å². The minimum absolute atomic E-state index is 0.412. The number of nitrogens with zero attached hydrogens (tertiary/aromatic N) is 3. The Morgan fingerprint density at radius 2 is 1.90 bits per heavy atom. The molecule has 20 heavy (non-hydrogen) atoms. The molecule has 0 saturated carbocycles. The zero-order chi connectivity index (χ0) is 14.5. The molecule has 1 aromatic heterocycles. The normalized spacial score (nSPS) is 12.2. The molecule has 0 spiro atoms. The van der Waals surface area contributed by atoms with Gasteiger partial charge >= 0.3 is 0 Å². The Morgan fingerprint density at radius 3 is 2.55 bits per heavy atom. The van der Waals surface area contributed by atoms with Crippen LogP contribution in [0.15, 0.2) is 36.8 Å². The van der Waals surface area contributed by atoms with Crippen molar-refractivity contribution < 1.29 is 0 Å². The molecule has 0 aliphatic carbocycles. The quantitative estimate of drug-likeness (QED) is 0.804. The largest absolute Gasteiger partial charge is 0.323 e. The van der Waals surface area contributed by atoms with Crippen molar-refractivity contribution >= 4 is 11.5 Å². The number of aromatic nitrogens is 2. The minimum atomic E-state index is 0.412. The lowest BCUT2D eigenvalue weighted by molar-refractivity contribution is 0.627. The van der Waals surface area contributed by atoms with Crippen LogP contribution in [-0.4, -0.2) is 16.0 Å². The van der Waals surface area contributed by atoms with E-state index in [0.717, 1.165) is 24.2 Å². The third-order valence-electron chi connectivity index (χ3n) is 3.62. The summed E-state index contributed by atoms with van der Waals surface area (Å²) < 4.78 is 0. The van der Waals surface area contributed by atoms with E-state index in [4.69, 9.17) is 0 Å². The molecule has 0 amide bonds. The van der Waals surface area contributed by atoms with Crippen molar-refractivity contribution in [3.05, 3.63) is 47.9 Å². The molecule has 0 aliphatic heterocycles. The van der Waals surface area contributed by atoms with Gasteiger partial charge in [0.1, 0.15) is 12.1 Å². The molecule has 2 rings (SSSR count). The van der Waals surface area contributed by atoms with E-state index >= 15 is 0 Å². The van der Waals surface area contributed by atoms with Crippen LogP contribution in [-0.2, 0) is 0 Å². The number of rotatable bonds is 5. The minimum Gasteiger partial charge on any atom is -0.323 e. The Morgan fingerprint density at radius 1 is 1.15 bits per heavy atom. The van der Waals surface area contributed by atoms with E-state index in [1.165, 1.54) is 11.3 Å². The van der Waals surface area contributed by atoms with Crippen molar-refractivity contribution in [1.29, 1.82) is 0 Å². The van der Waals surface area contributed by atoms with Gasteiger partial charge in [-0.1, -0.05) is 31.5 Å². The molecule has 106 valence electrons. The highest BCUT2D eigenvalue weighted by Crippen LogP contribution is 2.31. The van der Waals surface area contributed by atoms with Gasteiger partial charge in [-0.25, -0.2) is 9.97 Å². The van der Waals surface area contributed by atoms with Gasteiger partial charge in [0, 0.05) is 23.5 Å². The fraction of sp³-hybridized carbons (Fsp3) is 0.412. The molecule has 0 N–H and O–H groups in total. The predicted octanol–water partition coefficient (Wildman–Crippen LogP) is 4.42. The summed E-state index contributed by atoms with van der Waals surface area (Å²) in [5.41, 5.74) is 3.61. The zero-order valence-electron chi connectivity index (χ0n) is 12.8. The molecular formula is C17H23N3. The molecule has 0 aliphatic rings. The maximum absolute atomic E-state index is 4.51. The highest BCUT2D eigenvalue weighted by Gasteiger charge is 2.20. The van der Waals surface area contributed by atoms with Crippen LogP contribution in [0, 0.1) is 13.8 Å². The second kappa shape index (κ2) is 6.51. The van der Waals surface area contributed by atoms with Gasteiger partial charge in [-0.05, 0) is 38.8 Å². The number of hydrogen-bond acceptors (Lipinski definition) is 3. The Bertz CT molecular complexity index is 520. The smallest absolute Gasteiger partial charge is 0.139 e. The lowest BCUT2D eigenvalue weighted by Gasteiger charge is -2.32. The van der Waals surface area contributed by atoms with Crippen LogP contribution in [0.25, 0.3) is 0 Å². The van der Waals surface area contributed by atoms with E-state index in [1.54, 1.807) is 6.33 Å². The van der Waals surface area contributed by atoms with Gasteiger partial charge in [-0.15, -0.1) is 0 Å². The molecular weight excluding hydrogens is 246 g/mol. The van der Waals surface area contributed by atoms with Crippen molar-refractivity contribution in [2.75, 3.05) is 4.90 Å². The summed E-state index contributed by atoms with van der Waals surface area (Å²) in [6.45, 7) is 8.70. The van der Waals surface area contributed by atoms with Gasteiger partial charge in [0.2, 0.25) is 0 Å². The zero-order valence-corrected chi connectivity index (χ0v) is 12.8. The van der Waals surface area contributed by atoms with Crippen molar-refractivity contribution in [2.45, 2.75) is 46.6 Å². The van der Waals surface area contributed by atoms with E-state index in [0.29, 0.717) is 6.04 Å². The molecule has 1 aromatic carbocycles. The first-order valence-corrected chi connectivity index (χ1v) is 7.26. The summed E-state index contributed by atoms with van der Waals surface area (Å²) in [5, 5.41) is 0. The third-order valence-corrected chi connectivity index (χ3v) is 3.62. The van der Waals surface area contributed by atoms with Crippen LogP contribution in [0.3, 0.4) is 0 Å². The maximum Gasteiger partial charge on any atom is 0.139 e. The average molecular weight is 269 g/mol.